The van der Waals surface area contributed by atoms with Crippen molar-refractivity contribution in [2.75, 3.05) is 6.54 Å². The number of halogens is 1. The smallest absolute Gasteiger partial charge is 0.108 e. The Bertz CT molecular complexity index is 563. The fourth-order valence-corrected chi connectivity index (χ4v) is 2.91. The van der Waals surface area contributed by atoms with Gasteiger partial charge in [-0.1, -0.05) is 35.0 Å². The lowest BCUT2D eigenvalue weighted by atomic mass is 9.97. The van der Waals surface area contributed by atoms with Crippen molar-refractivity contribution < 1.29 is 0 Å². The van der Waals surface area contributed by atoms with Crippen LogP contribution < -0.4 is 5.32 Å². The van der Waals surface area contributed by atoms with Gasteiger partial charge in [0.25, 0.3) is 0 Å². The number of nitrogens with one attached hydrogen (secondary N) is 1. The lowest BCUT2D eigenvalue weighted by Gasteiger charge is -2.21. The number of hydrogen-bond donors (Lipinski definition) is 1. The van der Waals surface area contributed by atoms with E-state index in [-0.39, 0.29) is 0 Å². The molecule has 3 nitrogen and oxygen atoms in total. The third kappa shape index (κ3) is 3.49. The molecule has 4 heteroatoms. The first-order chi connectivity index (χ1) is 9.63. The number of aryl methyl sites for hydroxylation is 2. The highest BCUT2D eigenvalue weighted by molar-refractivity contribution is 9.10. The minimum absolute atomic E-state index is 0.370. The molecule has 0 spiro atoms. The van der Waals surface area contributed by atoms with E-state index >= 15 is 0 Å². The summed E-state index contributed by atoms with van der Waals surface area (Å²) < 4.78 is 3.27. The normalized spacial score (nSPS) is 12.6. The predicted molar refractivity (Wildman–Crippen MR) is 86.8 cm³/mol. The van der Waals surface area contributed by atoms with E-state index in [1.807, 2.05) is 12.4 Å². The van der Waals surface area contributed by atoms with Crippen LogP contribution in [-0.4, -0.2) is 16.1 Å². The number of hydrogen-bond acceptors (Lipinski definition) is 2. The summed E-state index contributed by atoms with van der Waals surface area (Å²) in [5, 5.41) is 3.59. The maximum Gasteiger partial charge on any atom is 0.108 e. The maximum atomic E-state index is 4.41. The van der Waals surface area contributed by atoms with E-state index in [2.05, 4.69) is 69.9 Å². The van der Waals surface area contributed by atoms with Crippen molar-refractivity contribution in [1.29, 1.82) is 0 Å². The summed E-state index contributed by atoms with van der Waals surface area (Å²) in [5.74, 6) is 1.14. The molecule has 0 radical (unpaired) electrons. The van der Waals surface area contributed by atoms with Gasteiger partial charge in [0.1, 0.15) is 5.82 Å². The zero-order valence-electron chi connectivity index (χ0n) is 12.4. The minimum atomic E-state index is 0.370. The quantitative estimate of drug-likeness (QED) is 0.870. The summed E-state index contributed by atoms with van der Waals surface area (Å²) in [6, 6.07) is 6.79. The van der Waals surface area contributed by atoms with Crippen molar-refractivity contribution in [1.82, 2.24) is 14.9 Å². The molecular weight excluding hydrogens is 314 g/mol. The monoisotopic (exact) mass is 335 g/mol. The van der Waals surface area contributed by atoms with Crippen molar-refractivity contribution in [2.45, 2.75) is 32.7 Å². The second-order valence-corrected chi connectivity index (χ2v) is 5.91. The standard InChI is InChI=1S/C16H22BrN3/c1-4-18-15(8-9-16-19-10-11-20(16)3)13-6-5-7-14(17)12(13)2/h5-7,10-11,15,18H,4,8-9H2,1-3H3. The molecule has 0 bridgehead atoms. The van der Waals surface area contributed by atoms with Gasteiger partial charge in [0, 0.05) is 36.4 Å². The van der Waals surface area contributed by atoms with E-state index in [1.165, 1.54) is 15.6 Å². The van der Waals surface area contributed by atoms with Crippen LogP contribution in [0.25, 0.3) is 0 Å². The topological polar surface area (TPSA) is 29.9 Å². The Kier molecular flexibility index (Phi) is 5.38. The van der Waals surface area contributed by atoms with Crippen molar-refractivity contribution in [3.05, 3.63) is 52.0 Å². The van der Waals surface area contributed by atoms with Crippen LogP contribution in [0.5, 0.6) is 0 Å². The van der Waals surface area contributed by atoms with Crippen molar-refractivity contribution in [3.63, 3.8) is 0 Å². The molecule has 1 N–H and O–H groups in total. The number of aromatic nitrogens is 2. The summed E-state index contributed by atoms with van der Waals surface area (Å²) in [4.78, 5) is 4.41. The zero-order valence-corrected chi connectivity index (χ0v) is 13.9. The van der Waals surface area contributed by atoms with Crippen LogP contribution >= 0.6 is 15.9 Å². The molecule has 0 aliphatic carbocycles. The third-order valence-corrected chi connectivity index (χ3v) is 4.57. The van der Waals surface area contributed by atoms with Gasteiger partial charge in [0.15, 0.2) is 0 Å². The first-order valence-corrected chi connectivity index (χ1v) is 7.87. The fourth-order valence-electron chi connectivity index (χ4n) is 2.53. The van der Waals surface area contributed by atoms with Crippen LogP contribution in [0.3, 0.4) is 0 Å². The first-order valence-electron chi connectivity index (χ1n) is 7.08. The molecule has 1 atom stereocenters. The van der Waals surface area contributed by atoms with Gasteiger partial charge in [-0.3, -0.25) is 0 Å². The predicted octanol–water partition coefficient (Wildman–Crippen LogP) is 3.77. The molecule has 20 heavy (non-hydrogen) atoms. The molecule has 0 saturated carbocycles. The lowest BCUT2D eigenvalue weighted by Crippen LogP contribution is -2.22. The van der Waals surface area contributed by atoms with Gasteiger partial charge in [-0.2, -0.15) is 0 Å². The van der Waals surface area contributed by atoms with Gasteiger partial charge in [0.2, 0.25) is 0 Å². The highest BCUT2D eigenvalue weighted by Gasteiger charge is 2.15. The van der Waals surface area contributed by atoms with Gasteiger partial charge < -0.3 is 9.88 Å². The highest BCUT2D eigenvalue weighted by atomic mass is 79.9. The Hall–Kier alpha value is -1.13. The summed E-state index contributed by atoms with van der Waals surface area (Å²) in [7, 11) is 2.05. The molecule has 1 heterocycles. The molecule has 1 aromatic heterocycles. The van der Waals surface area contributed by atoms with E-state index < -0.39 is 0 Å². The highest BCUT2D eigenvalue weighted by Crippen LogP contribution is 2.27. The number of rotatable bonds is 6. The Balaban J connectivity index is 2.14. The average Bonchev–Trinajstić information content (AvgIpc) is 2.84. The van der Waals surface area contributed by atoms with Gasteiger partial charge >= 0.3 is 0 Å². The number of imidazole rings is 1. The SMILES string of the molecule is CCNC(CCc1nccn1C)c1cccc(Br)c1C. The van der Waals surface area contributed by atoms with Gasteiger partial charge in [-0.15, -0.1) is 0 Å². The van der Waals surface area contributed by atoms with Crippen molar-refractivity contribution in [3.8, 4) is 0 Å². The Labute approximate surface area is 129 Å². The van der Waals surface area contributed by atoms with Crippen LogP contribution in [0.1, 0.15) is 36.3 Å². The van der Waals surface area contributed by atoms with E-state index in [9.17, 15) is 0 Å². The summed E-state index contributed by atoms with van der Waals surface area (Å²) in [6.07, 6.45) is 5.90. The summed E-state index contributed by atoms with van der Waals surface area (Å²) >= 11 is 3.62. The molecule has 0 aliphatic rings. The maximum absolute atomic E-state index is 4.41. The molecule has 2 rings (SSSR count). The molecule has 0 saturated heterocycles. The molecular formula is C16H22BrN3. The molecule has 0 amide bonds. The molecule has 0 fully saturated rings. The molecule has 1 unspecified atom stereocenters. The minimum Gasteiger partial charge on any atom is -0.338 e. The summed E-state index contributed by atoms with van der Waals surface area (Å²) in [5.41, 5.74) is 2.69. The Morgan fingerprint density at radius 2 is 2.20 bits per heavy atom. The Morgan fingerprint density at radius 3 is 2.85 bits per heavy atom. The second-order valence-electron chi connectivity index (χ2n) is 5.06. The van der Waals surface area contributed by atoms with Crippen molar-refractivity contribution >= 4 is 15.9 Å². The van der Waals surface area contributed by atoms with E-state index in [0.717, 1.165) is 25.2 Å². The molecule has 108 valence electrons. The summed E-state index contributed by atoms with van der Waals surface area (Å²) in [6.45, 7) is 5.29. The van der Waals surface area contributed by atoms with Crippen LogP contribution in [-0.2, 0) is 13.5 Å². The lowest BCUT2D eigenvalue weighted by molar-refractivity contribution is 0.503. The second kappa shape index (κ2) is 7.04. The van der Waals surface area contributed by atoms with Crippen molar-refractivity contribution in [2.24, 2.45) is 7.05 Å². The zero-order chi connectivity index (χ0) is 14.5. The number of benzene rings is 1. The van der Waals surface area contributed by atoms with E-state index in [1.54, 1.807) is 0 Å². The van der Waals surface area contributed by atoms with Crippen LogP contribution in [0.2, 0.25) is 0 Å². The largest absolute Gasteiger partial charge is 0.338 e. The van der Waals surface area contributed by atoms with E-state index in [4.69, 9.17) is 0 Å². The third-order valence-electron chi connectivity index (χ3n) is 3.71. The molecule has 1 aromatic carbocycles. The van der Waals surface area contributed by atoms with Gasteiger partial charge in [-0.05, 0) is 37.1 Å². The average molecular weight is 336 g/mol. The van der Waals surface area contributed by atoms with Crippen LogP contribution in [0.15, 0.2) is 35.1 Å². The van der Waals surface area contributed by atoms with Crippen LogP contribution in [0.4, 0.5) is 0 Å². The van der Waals surface area contributed by atoms with Crippen LogP contribution in [0, 0.1) is 6.92 Å². The number of nitrogens with zero attached hydrogens (tertiary/aromatic N) is 2. The molecule has 0 aliphatic heterocycles. The Morgan fingerprint density at radius 1 is 1.40 bits per heavy atom. The van der Waals surface area contributed by atoms with Gasteiger partial charge in [0.05, 0.1) is 0 Å². The van der Waals surface area contributed by atoms with E-state index in [0.29, 0.717) is 6.04 Å². The van der Waals surface area contributed by atoms with Gasteiger partial charge in [-0.25, -0.2) is 4.98 Å². The molecule has 2 aromatic rings. The fraction of sp³-hybridized carbons (Fsp3) is 0.438. The first kappa shape index (κ1) is 15.3.